The lowest BCUT2D eigenvalue weighted by molar-refractivity contribution is -0.137. The zero-order valence-corrected chi connectivity index (χ0v) is 21.7. The number of anilines is 2. The number of halogens is 3. The minimum Gasteiger partial charge on any atom is -0.419 e. The van der Waals surface area contributed by atoms with Gasteiger partial charge in [0.2, 0.25) is 21.8 Å². The minimum absolute atomic E-state index is 0.103. The molecule has 1 aromatic carbocycles. The predicted octanol–water partition coefficient (Wildman–Crippen LogP) is 3.88. The number of sulfonamides is 1. The molecular formula is C24H29F3N6O3S. The number of benzene rings is 1. The van der Waals surface area contributed by atoms with E-state index in [2.05, 4.69) is 22.1 Å². The van der Waals surface area contributed by atoms with Crippen molar-refractivity contribution in [2.75, 3.05) is 36.1 Å². The van der Waals surface area contributed by atoms with Crippen LogP contribution in [0.5, 0.6) is 0 Å². The fourth-order valence-corrected chi connectivity index (χ4v) is 4.36. The molecule has 2 aromatic heterocycles. The Morgan fingerprint density at radius 1 is 1.14 bits per heavy atom. The molecule has 1 aliphatic rings. The Hall–Kier alpha value is -3.19. The molecule has 4 rings (SSSR count). The zero-order chi connectivity index (χ0) is 27.1. The lowest BCUT2D eigenvalue weighted by Crippen LogP contribution is -2.27. The highest BCUT2D eigenvalue weighted by atomic mass is 32.2. The number of rotatable bonds is 9. The van der Waals surface area contributed by atoms with Crippen LogP contribution in [0.15, 0.2) is 40.8 Å². The molecule has 3 unspecified atom stereocenters. The average molecular weight is 539 g/mol. The molecule has 2 heterocycles. The number of pyridine rings is 1. The van der Waals surface area contributed by atoms with E-state index in [1.807, 2.05) is 11.9 Å². The zero-order valence-electron chi connectivity index (χ0n) is 20.9. The van der Waals surface area contributed by atoms with E-state index in [0.717, 1.165) is 35.7 Å². The van der Waals surface area contributed by atoms with Gasteiger partial charge in [0.15, 0.2) is 0 Å². The first-order chi connectivity index (χ1) is 17.2. The van der Waals surface area contributed by atoms with E-state index in [1.165, 1.54) is 25.2 Å². The van der Waals surface area contributed by atoms with Crippen molar-refractivity contribution in [1.82, 2.24) is 15.2 Å². The molecule has 13 heteroatoms. The topological polar surface area (TPSA) is 118 Å². The highest BCUT2D eigenvalue weighted by molar-refractivity contribution is 7.92. The molecule has 1 fully saturated rings. The largest absolute Gasteiger partial charge is 0.419 e. The summed E-state index contributed by atoms with van der Waals surface area (Å²) in [6.07, 6.45) is -2.02. The number of aromatic nitrogens is 3. The molecule has 0 bridgehead atoms. The van der Waals surface area contributed by atoms with Crippen molar-refractivity contribution >= 4 is 21.7 Å². The van der Waals surface area contributed by atoms with E-state index in [4.69, 9.17) is 10.2 Å². The third-order valence-electron chi connectivity index (χ3n) is 6.54. The Kier molecular flexibility index (Phi) is 7.21. The van der Waals surface area contributed by atoms with Crippen LogP contribution in [0, 0.1) is 11.8 Å². The number of hydrogen-bond acceptors (Lipinski definition) is 8. The van der Waals surface area contributed by atoms with Gasteiger partial charge in [-0.25, -0.2) is 13.4 Å². The predicted molar refractivity (Wildman–Crippen MR) is 133 cm³/mol. The molecule has 1 aliphatic carbocycles. The minimum atomic E-state index is -4.42. The van der Waals surface area contributed by atoms with Crippen molar-refractivity contribution in [3.8, 4) is 11.5 Å². The second-order valence-corrected chi connectivity index (χ2v) is 11.6. The van der Waals surface area contributed by atoms with E-state index in [1.54, 1.807) is 6.07 Å². The smallest absolute Gasteiger partial charge is 0.416 e. The molecule has 0 radical (unpaired) electrons. The van der Waals surface area contributed by atoms with Gasteiger partial charge in [0, 0.05) is 26.2 Å². The van der Waals surface area contributed by atoms with Gasteiger partial charge in [-0.05, 0) is 54.5 Å². The van der Waals surface area contributed by atoms with E-state index >= 15 is 0 Å². The van der Waals surface area contributed by atoms with Crippen LogP contribution in [0.2, 0.25) is 0 Å². The molecule has 1 saturated carbocycles. The van der Waals surface area contributed by atoms with Crippen molar-refractivity contribution in [2.24, 2.45) is 17.6 Å². The third kappa shape index (κ3) is 6.39. The first kappa shape index (κ1) is 26.9. The van der Waals surface area contributed by atoms with Crippen molar-refractivity contribution < 1.29 is 26.0 Å². The van der Waals surface area contributed by atoms with Crippen LogP contribution in [-0.4, -0.2) is 50.5 Å². The second kappa shape index (κ2) is 9.93. The molecule has 0 saturated heterocycles. The SMILES string of the molecule is CC1CC1CN(C)c1cc(-c2nnc(C(N)Cc3ccc(C(F)(F)F)cc3)o2)cc(N(C)S(C)(=O)=O)n1. The quantitative estimate of drug-likeness (QED) is 0.436. The fraction of sp³-hybridized carbons (Fsp3) is 0.458. The van der Waals surface area contributed by atoms with Crippen molar-refractivity contribution in [3.05, 3.63) is 53.4 Å². The molecule has 3 atom stereocenters. The molecule has 0 amide bonds. The molecule has 3 aromatic rings. The Bertz CT molecular complexity index is 1360. The number of alkyl halides is 3. The summed E-state index contributed by atoms with van der Waals surface area (Å²) in [6, 6.07) is 7.24. The third-order valence-corrected chi connectivity index (χ3v) is 7.72. The Labute approximate surface area is 213 Å². The fourth-order valence-electron chi connectivity index (χ4n) is 3.92. The summed E-state index contributed by atoms with van der Waals surface area (Å²) in [5.74, 6) is 2.15. The lowest BCUT2D eigenvalue weighted by atomic mass is 10.0. The molecular weight excluding hydrogens is 509 g/mol. The summed E-state index contributed by atoms with van der Waals surface area (Å²) in [6.45, 7) is 2.95. The van der Waals surface area contributed by atoms with E-state index in [9.17, 15) is 21.6 Å². The number of hydrogen-bond donors (Lipinski definition) is 1. The van der Waals surface area contributed by atoms with Gasteiger partial charge in [-0.15, -0.1) is 10.2 Å². The summed E-state index contributed by atoms with van der Waals surface area (Å²) in [5, 5.41) is 8.11. The highest BCUT2D eigenvalue weighted by Gasteiger charge is 2.34. The second-order valence-electron chi connectivity index (χ2n) is 9.61. The maximum absolute atomic E-state index is 12.8. The number of nitrogens with two attached hydrogens (primary N) is 1. The van der Waals surface area contributed by atoms with Crippen molar-refractivity contribution in [1.29, 1.82) is 0 Å². The Balaban J connectivity index is 1.58. The van der Waals surface area contributed by atoms with Crippen LogP contribution in [0.3, 0.4) is 0 Å². The average Bonchev–Trinajstić information content (AvgIpc) is 3.30. The van der Waals surface area contributed by atoms with Crippen LogP contribution >= 0.6 is 0 Å². The maximum Gasteiger partial charge on any atom is 0.416 e. The van der Waals surface area contributed by atoms with Crippen LogP contribution in [0.1, 0.15) is 36.4 Å². The summed E-state index contributed by atoms with van der Waals surface area (Å²) in [7, 11) is -0.277. The standard InChI is InChI=1S/C24H29F3N6O3S/c1-14-9-17(14)13-32(2)20-11-16(12-21(29-20)33(3)37(4,34)35)22-30-31-23(36-22)19(28)10-15-5-7-18(8-6-15)24(25,26)27/h5-8,11-12,14,17,19H,9-10,13,28H2,1-4H3. The Morgan fingerprint density at radius 2 is 1.76 bits per heavy atom. The Morgan fingerprint density at radius 3 is 2.32 bits per heavy atom. The monoisotopic (exact) mass is 538 g/mol. The van der Waals surface area contributed by atoms with Gasteiger partial charge >= 0.3 is 6.18 Å². The molecule has 2 N–H and O–H groups in total. The van der Waals surface area contributed by atoms with Gasteiger partial charge in [0.25, 0.3) is 0 Å². The maximum atomic E-state index is 12.8. The van der Waals surface area contributed by atoms with Crippen LogP contribution in [0.4, 0.5) is 24.8 Å². The van der Waals surface area contributed by atoms with E-state index in [0.29, 0.717) is 28.8 Å². The van der Waals surface area contributed by atoms with Gasteiger partial charge in [0.05, 0.1) is 17.9 Å². The summed E-state index contributed by atoms with van der Waals surface area (Å²) in [4.78, 5) is 6.49. The molecule has 200 valence electrons. The molecule has 0 spiro atoms. The van der Waals surface area contributed by atoms with Crippen LogP contribution in [0.25, 0.3) is 11.5 Å². The number of nitrogens with zero attached hydrogens (tertiary/aromatic N) is 5. The van der Waals surface area contributed by atoms with Crippen LogP contribution in [-0.2, 0) is 22.6 Å². The molecule has 37 heavy (non-hydrogen) atoms. The van der Waals surface area contributed by atoms with E-state index in [-0.39, 0.29) is 24.0 Å². The van der Waals surface area contributed by atoms with Gasteiger partial charge in [-0.2, -0.15) is 13.2 Å². The highest BCUT2D eigenvalue weighted by Crippen LogP contribution is 2.39. The van der Waals surface area contributed by atoms with Gasteiger partial charge < -0.3 is 15.1 Å². The van der Waals surface area contributed by atoms with E-state index < -0.39 is 27.8 Å². The van der Waals surface area contributed by atoms with Gasteiger partial charge in [-0.1, -0.05) is 19.1 Å². The molecule has 9 nitrogen and oxygen atoms in total. The summed E-state index contributed by atoms with van der Waals surface area (Å²) >= 11 is 0. The first-order valence-electron chi connectivity index (χ1n) is 11.6. The normalized spacial score (nSPS) is 18.5. The van der Waals surface area contributed by atoms with Crippen LogP contribution < -0.4 is 14.9 Å². The molecule has 0 aliphatic heterocycles. The van der Waals surface area contributed by atoms with Crippen molar-refractivity contribution in [3.63, 3.8) is 0 Å². The summed E-state index contributed by atoms with van der Waals surface area (Å²) < 4.78 is 69.7. The van der Waals surface area contributed by atoms with Gasteiger partial charge in [0.1, 0.15) is 11.6 Å². The lowest BCUT2D eigenvalue weighted by Gasteiger charge is -2.22. The summed E-state index contributed by atoms with van der Waals surface area (Å²) in [5.41, 5.74) is 6.51. The van der Waals surface area contributed by atoms with Gasteiger partial charge in [-0.3, -0.25) is 4.31 Å². The first-order valence-corrected chi connectivity index (χ1v) is 13.5. The van der Waals surface area contributed by atoms with Crippen molar-refractivity contribution in [2.45, 2.75) is 32.0 Å².